The van der Waals surface area contributed by atoms with Crippen molar-refractivity contribution in [1.82, 2.24) is 4.90 Å². The Morgan fingerprint density at radius 2 is 2.05 bits per heavy atom. The van der Waals surface area contributed by atoms with E-state index in [2.05, 4.69) is 26.1 Å². The molecule has 0 aliphatic heterocycles. The predicted molar refractivity (Wildman–Crippen MR) is 81.8 cm³/mol. The first-order valence-electron chi connectivity index (χ1n) is 7.05. The fourth-order valence-corrected chi connectivity index (χ4v) is 2.11. The molecule has 19 heavy (non-hydrogen) atoms. The van der Waals surface area contributed by atoms with Crippen molar-refractivity contribution in [3.8, 4) is 0 Å². The van der Waals surface area contributed by atoms with Gasteiger partial charge in [-0.05, 0) is 43.0 Å². The molecule has 0 radical (unpaired) electrons. The number of nitrogens with one attached hydrogen (secondary N) is 1. The maximum absolute atomic E-state index is 12.3. The van der Waals surface area contributed by atoms with Gasteiger partial charge in [-0.15, -0.1) is 0 Å². The second-order valence-corrected chi connectivity index (χ2v) is 5.54. The largest absolute Gasteiger partial charge is 0.385 e. The Morgan fingerprint density at radius 3 is 2.58 bits per heavy atom. The Kier molecular flexibility index (Phi) is 5.87. The van der Waals surface area contributed by atoms with Crippen molar-refractivity contribution >= 4 is 11.6 Å². The number of carbonyl (C=O) groups is 1. The van der Waals surface area contributed by atoms with Crippen LogP contribution in [0.1, 0.15) is 43.1 Å². The molecule has 0 aliphatic rings. The Labute approximate surface area is 117 Å². The zero-order chi connectivity index (χ0) is 14.4. The second kappa shape index (κ2) is 7.17. The third kappa shape index (κ3) is 4.58. The molecule has 0 aromatic heterocycles. The molecule has 0 saturated carbocycles. The van der Waals surface area contributed by atoms with Gasteiger partial charge in [0.15, 0.2) is 0 Å². The first kappa shape index (κ1) is 15.5. The van der Waals surface area contributed by atoms with Crippen molar-refractivity contribution in [2.45, 2.75) is 34.1 Å². The highest BCUT2D eigenvalue weighted by Gasteiger charge is 2.13. The summed E-state index contributed by atoms with van der Waals surface area (Å²) >= 11 is 0. The predicted octanol–water partition coefficient (Wildman–Crippen LogP) is 3.54. The third-order valence-electron chi connectivity index (χ3n) is 3.02. The molecule has 1 aromatic rings. The highest BCUT2D eigenvalue weighted by molar-refractivity contribution is 5.94. The van der Waals surface area contributed by atoms with Gasteiger partial charge >= 0.3 is 0 Å². The van der Waals surface area contributed by atoms with E-state index in [-0.39, 0.29) is 5.91 Å². The smallest absolute Gasteiger partial charge is 0.253 e. The van der Waals surface area contributed by atoms with Gasteiger partial charge in [0.2, 0.25) is 0 Å². The molecular weight excluding hydrogens is 236 g/mol. The van der Waals surface area contributed by atoms with E-state index in [1.54, 1.807) is 4.90 Å². The van der Waals surface area contributed by atoms with E-state index in [1.807, 2.05) is 32.2 Å². The van der Waals surface area contributed by atoms with Gasteiger partial charge in [0.1, 0.15) is 0 Å². The monoisotopic (exact) mass is 262 g/mol. The number of aryl methyl sites for hydroxylation is 1. The molecule has 106 valence electrons. The van der Waals surface area contributed by atoms with Gasteiger partial charge in [0.25, 0.3) is 5.91 Å². The topological polar surface area (TPSA) is 32.3 Å². The van der Waals surface area contributed by atoms with Crippen LogP contribution in [0.4, 0.5) is 5.69 Å². The summed E-state index contributed by atoms with van der Waals surface area (Å²) in [6.07, 6.45) is 1.09. The zero-order valence-electron chi connectivity index (χ0n) is 12.8. The minimum Gasteiger partial charge on any atom is -0.385 e. The molecule has 0 fully saturated rings. The lowest BCUT2D eigenvalue weighted by Gasteiger charge is -2.20. The van der Waals surface area contributed by atoms with E-state index in [4.69, 9.17) is 0 Å². The summed E-state index contributed by atoms with van der Waals surface area (Å²) < 4.78 is 0. The number of amides is 1. The van der Waals surface area contributed by atoms with E-state index in [9.17, 15) is 4.79 Å². The zero-order valence-corrected chi connectivity index (χ0v) is 12.8. The van der Waals surface area contributed by atoms with Gasteiger partial charge < -0.3 is 10.2 Å². The van der Waals surface area contributed by atoms with Crippen LogP contribution >= 0.6 is 0 Å². The lowest BCUT2D eigenvalue weighted by Crippen LogP contribution is -2.30. The summed E-state index contributed by atoms with van der Waals surface area (Å²) in [5, 5.41) is 3.37. The van der Waals surface area contributed by atoms with Gasteiger partial charge in [-0.3, -0.25) is 4.79 Å². The summed E-state index contributed by atoms with van der Waals surface area (Å²) in [6, 6.07) is 5.88. The van der Waals surface area contributed by atoms with Crippen LogP contribution in [0.2, 0.25) is 0 Å². The highest BCUT2D eigenvalue weighted by atomic mass is 16.2. The molecule has 1 aromatic carbocycles. The van der Waals surface area contributed by atoms with Crippen LogP contribution < -0.4 is 5.32 Å². The summed E-state index contributed by atoms with van der Waals surface area (Å²) in [5.41, 5.74) is 3.00. The number of hydrogen-bond donors (Lipinski definition) is 1. The third-order valence-corrected chi connectivity index (χ3v) is 3.02. The summed E-state index contributed by atoms with van der Waals surface area (Å²) in [5.74, 6) is 0.583. The van der Waals surface area contributed by atoms with Crippen molar-refractivity contribution in [1.29, 1.82) is 0 Å². The van der Waals surface area contributed by atoms with Crippen molar-refractivity contribution in [3.63, 3.8) is 0 Å². The van der Waals surface area contributed by atoms with Crippen LogP contribution in [0, 0.1) is 12.8 Å². The Morgan fingerprint density at radius 1 is 1.37 bits per heavy atom. The minimum absolute atomic E-state index is 0.0961. The van der Waals surface area contributed by atoms with E-state index >= 15 is 0 Å². The van der Waals surface area contributed by atoms with Gasteiger partial charge in [0.05, 0.1) is 0 Å². The first-order valence-corrected chi connectivity index (χ1v) is 7.05. The fraction of sp³-hybridized carbons (Fsp3) is 0.562. The number of nitrogens with zero attached hydrogens (tertiary/aromatic N) is 1. The molecular formula is C16H26N2O. The molecule has 1 N–H and O–H groups in total. The summed E-state index contributed by atoms with van der Waals surface area (Å²) in [4.78, 5) is 14.1. The Balaban J connectivity index is 2.79. The molecule has 1 rings (SSSR count). The van der Waals surface area contributed by atoms with Crippen LogP contribution in [0.15, 0.2) is 18.2 Å². The van der Waals surface area contributed by atoms with Crippen molar-refractivity contribution in [3.05, 3.63) is 29.3 Å². The van der Waals surface area contributed by atoms with Crippen molar-refractivity contribution in [2.75, 3.05) is 25.5 Å². The Hall–Kier alpha value is -1.51. The average Bonchev–Trinajstić information content (AvgIpc) is 2.35. The average molecular weight is 262 g/mol. The van der Waals surface area contributed by atoms with Crippen LogP contribution in [-0.2, 0) is 0 Å². The molecule has 0 bridgehead atoms. The number of anilines is 1. The first-order chi connectivity index (χ1) is 8.95. The molecule has 1 amide bonds. The molecule has 0 unspecified atom stereocenters. The van der Waals surface area contributed by atoms with Crippen LogP contribution in [0.25, 0.3) is 0 Å². The molecule has 0 atom stereocenters. The standard InChI is InChI=1S/C16H26N2O/c1-6-9-17-15-8-7-14(10-13(15)4)16(19)18(5)11-12(2)3/h7-8,10,12,17H,6,9,11H2,1-5H3. The second-order valence-electron chi connectivity index (χ2n) is 5.54. The molecule has 0 saturated heterocycles. The van der Waals surface area contributed by atoms with E-state index in [1.165, 1.54) is 0 Å². The highest BCUT2D eigenvalue weighted by Crippen LogP contribution is 2.17. The lowest BCUT2D eigenvalue weighted by molar-refractivity contribution is 0.0779. The maximum Gasteiger partial charge on any atom is 0.253 e. The molecule has 3 nitrogen and oxygen atoms in total. The van der Waals surface area contributed by atoms with Gasteiger partial charge in [-0.2, -0.15) is 0 Å². The van der Waals surface area contributed by atoms with Crippen molar-refractivity contribution < 1.29 is 4.79 Å². The van der Waals surface area contributed by atoms with E-state index < -0.39 is 0 Å². The molecule has 0 heterocycles. The number of carbonyl (C=O) groups excluding carboxylic acids is 1. The van der Waals surface area contributed by atoms with Gasteiger partial charge in [0, 0.05) is 31.4 Å². The number of hydrogen-bond acceptors (Lipinski definition) is 2. The van der Waals surface area contributed by atoms with Crippen LogP contribution in [0.3, 0.4) is 0 Å². The van der Waals surface area contributed by atoms with E-state index in [0.29, 0.717) is 5.92 Å². The molecule has 3 heteroatoms. The van der Waals surface area contributed by atoms with Crippen LogP contribution in [0.5, 0.6) is 0 Å². The Bertz CT molecular complexity index is 427. The maximum atomic E-state index is 12.3. The SMILES string of the molecule is CCCNc1ccc(C(=O)N(C)CC(C)C)cc1C. The van der Waals surface area contributed by atoms with Crippen molar-refractivity contribution in [2.24, 2.45) is 5.92 Å². The molecule has 0 aliphatic carbocycles. The van der Waals surface area contributed by atoms with Gasteiger partial charge in [-0.1, -0.05) is 20.8 Å². The number of rotatable bonds is 6. The number of benzene rings is 1. The lowest BCUT2D eigenvalue weighted by atomic mass is 10.1. The molecule has 0 spiro atoms. The summed E-state index contributed by atoms with van der Waals surface area (Å²) in [6.45, 7) is 10.2. The van der Waals surface area contributed by atoms with Gasteiger partial charge in [-0.25, -0.2) is 0 Å². The quantitative estimate of drug-likeness (QED) is 0.850. The van der Waals surface area contributed by atoms with E-state index in [0.717, 1.165) is 36.3 Å². The summed E-state index contributed by atoms with van der Waals surface area (Å²) in [7, 11) is 1.86. The van der Waals surface area contributed by atoms with Crippen LogP contribution in [-0.4, -0.2) is 30.9 Å². The minimum atomic E-state index is 0.0961. The normalized spacial score (nSPS) is 10.6. The fourth-order valence-electron chi connectivity index (χ4n) is 2.11.